The molecule has 3 heterocycles. The van der Waals surface area contributed by atoms with E-state index in [0.717, 1.165) is 22.4 Å². The van der Waals surface area contributed by atoms with Gasteiger partial charge in [0, 0.05) is 23.6 Å². The Balaban J connectivity index is 1.56. The summed E-state index contributed by atoms with van der Waals surface area (Å²) in [6, 6.07) is 7.25. The van der Waals surface area contributed by atoms with Gasteiger partial charge in [-0.2, -0.15) is 0 Å². The minimum Gasteiger partial charge on any atom is -0.493 e. The van der Waals surface area contributed by atoms with E-state index in [4.69, 9.17) is 23.7 Å². The lowest BCUT2D eigenvalue weighted by Gasteiger charge is -2.37. The van der Waals surface area contributed by atoms with E-state index in [1.807, 2.05) is 24.0 Å². The molecular weight excluding hydrogens is 452 g/mol. The maximum absolute atomic E-state index is 13.6. The first-order chi connectivity index (χ1) is 14.5. The summed E-state index contributed by atoms with van der Waals surface area (Å²) in [5, 5.41) is 0. The van der Waals surface area contributed by atoms with Gasteiger partial charge in [0.05, 0.1) is 25.7 Å². The summed E-state index contributed by atoms with van der Waals surface area (Å²) in [6.45, 7) is 2.29. The molecule has 5 rings (SSSR count). The number of methoxy groups -OCH3 is 2. The Morgan fingerprint density at radius 1 is 1.13 bits per heavy atom. The highest BCUT2D eigenvalue weighted by Gasteiger charge is 2.45. The lowest BCUT2D eigenvalue weighted by Crippen LogP contribution is -2.43. The SMILES string of the molecule is COc1cc2c(cc1OC)C1C(=O)c3ccc4c(c3OC1CO2)C[C@@H](/C(C)=C/Br)O4. The Kier molecular flexibility index (Phi) is 4.65. The molecule has 3 aliphatic heterocycles. The van der Waals surface area contributed by atoms with Crippen LogP contribution in [0.3, 0.4) is 0 Å². The van der Waals surface area contributed by atoms with Crippen molar-refractivity contribution in [2.24, 2.45) is 0 Å². The first-order valence-corrected chi connectivity index (χ1v) is 10.7. The van der Waals surface area contributed by atoms with Crippen molar-refractivity contribution in [3.63, 3.8) is 0 Å². The molecule has 0 aromatic heterocycles. The van der Waals surface area contributed by atoms with Gasteiger partial charge in [-0.25, -0.2) is 0 Å². The summed E-state index contributed by atoms with van der Waals surface area (Å²) in [5.74, 6) is 2.70. The molecule has 3 aliphatic rings. The molecule has 0 radical (unpaired) electrons. The molecule has 0 fully saturated rings. The van der Waals surface area contributed by atoms with Crippen LogP contribution in [0.4, 0.5) is 0 Å². The van der Waals surface area contributed by atoms with Crippen LogP contribution in [0.2, 0.25) is 0 Å². The van der Waals surface area contributed by atoms with Gasteiger partial charge < -0.3 is 23.7 Å². The van der Waals surface area contributed by atoms with Crippen molar-refractivity contribution in [3.05, 3.63) is 51.5 Å². The molecule has 0 saturated heterocycles. The number of rotatable bonds is 3. The average molecular weight is 473 g/mol. The molecule has 0 saturated carbocycles. The van der Waals surface area contributed by atoms with Crippen LogP contribution < -0.4 is 23.7 Å². The molecule has 0 aliphatic carbocycles. The van der Waals surface area contributed by atoms with E-state index in [0.29, 0.717) is 35.0 Å². The fourth-order valence-corrected chi connectivity index (χ4v) is 4.68. The molecule has 0 amide bonds. The molecule has 3 atom stereocenters. The van der Waals surface area contributed by atoms with Crippen molar-refractivity contribution in [2.75, 3.05) is 20.8 Å². The maximum Gasteiger partial charge on any atom is 0.178 e. The van der Waals surface area contributed by atoms with Crippen LogP contribution in [0.5, 0.6) is 28.7 Å². The zero-order valence-corrected chi connectivity index (χ0v) is 18.4. The number of hydrogen-bond donors (Lipinski definition) is 0. The number of halogens is 1. The van der Waals surface area contributed by atoms with Gasteiger partial charge in [-0.05, 0) is 35.7 Å². The zero-order chi connectivity index (χ0) is 21.0. The Bertz CT molecular complexity index is 1080. The number of carbonyl (C=O) groups excluding carboxylic acids is 1. The quantitative estimate of drug-likeness (QED) is 0.658. The first kappa shape index (κ1) is 19.3. The van der Waals surface area contributed by atoms with Crippen molar-refractivity contribution >= 4 is 21.7 Å². The molecule has 156 valence electrons. The molecule has 6 nitrogen and oxygen atoms in total. The summed E-state index contributed by atoms with van der Waals surface area (Å²) >= 11 is 3.37. The highest BCUT2D eigenvalue weighted by Crippen LogP contribution is 2.49. The highest BCUT2D eigenvalue weighted by molar-refractivity contribution is 9.11. The number of ketones is 1. The van der Waals surface area contributed by atoms with Gasteiger partial charge in [0.1, 0.15) is 36.1 Å². The van der Waals surface area contributed by atoms with Crippen molar-refractivity contribution in [3.8, 4) is 28.7 Å². The minimum absolute atomic E-state index is 0.0250. The van der Waals surface area contributed by atoms with Gasteiger partial charge >= 0.3 is 0 Å². The van der Waals surface area contributed by atoms with Crippen molar-refractivity contribution < 1.29 is 28.5 Å². The average Bonchev–Trinajstić information content (AvgIpc) is 3.22. The minimum atomic E-state index is -0.457. The molecule has 2 unspecified atom stereocenters. The molecule has 30 heavy (non-hydrogen) atoms. The lowest BCUT2D eigenvalue weighted by molar-refractivity contribution is 0.0554. The Morgan fingerprint density at radius 3 is 2.63 bits per heavy atom. The highest BCUT2D eigenvalue weighted by atomic mass is 79.9. The Morgan fingerprint density at radius 2 is 1.90 bits per heavy atom. The number of Topliss-reactive ketones (excluding diaryl/α,β-unsaturated/α-hetero) is 1. The number of fused-ring (bicyclic) bond motifs is 6. The molecule has 0 N–H and O–H groups in total. The summed E-state index contributed by atoms with van der Waals surface area (Å²) < 4.78 is 29.2. The van der Waals surface area contributed by atoms with Crippen LogP contribution in [0.15, 0.2) is 34.8 Å². The standard InChI is InChI=1S/C23H21BrO6/c1-11(9-24)16-7-14-15(29-16)5-4-12-22(25)21-13-6-18(26-2)19(27-3)8-17(13)28-10-20(21)30-23(12)14/h4-6,8-9,16,20-21H,7,10H2,1-3H3/b11-9+/t16-,20?,21?/m0/s1. The zero-order valence-electron chi connectivity index (χ0n) is 16.9. The Labute approximate surface area is 182 Å². The van der Waals surface area contributed by atoms with Crippen LogP contribution >= 0.6 is 15.9 Å². The molecule has 7 heteroatoms. The lowest BCUT2D eigenvalue weighted by atomic mass is 9.81. The van der Waals surface area contributed by atoms with E-state index in [9.17, 15) is 4.79 Å². The van der Waals surface area contributed by atoms with Crippen LogP contribution in [-0.2, 0) is 6.42 Å². The topological polar surface area (TPSA) is 63.2 Å². The second-order valence-electron chi connectivity index (χ2n) is 7.64. The van der Waals surface area contributed by atoms with Gasteiger partial charge in [-0.3, -0.25) is 4.79 Å². The summed E-state index contributed by atoms with van der Waals surface area (Å²) in [5.41, 5.74) is 3.36. The fourth-order valence-electron chi connectivity index (χ4n) is 4.39. The molecular formula is C23H21BrO6. The van der Waals surface area contributed by atoms with Crippen LogP contribution in [0.1, 0.15) is 34.3 Å². The van der Waals surface area contributed by atoms with Gasteiger partial charge in [0.25, 0.3) is 0 Å². The predicted octanol–water partition coefficient (Wildman–Crippen LogP) is 4.43. The largest absolute Gasteiger partial charge is 0.493 e. The van der Waals surface area contributed by atoms with Crippen molar-refractivity contribution in [1.29, 1.82) is 0 Å². The van der Waals surface area contributed by atoms with Crippen molar-refractivity contribution in [2.45, 2.75) is 31.5 Å². The number of ether oxygens (including phenoxy) is 5. The molecule has 2 aromatic carbocycles. The van der Waals surface area contributed by atoms with Crippen LogP contribution in [0.25, 0.3) is 0 Å². The van der Waals surface area contributed by atoms with Crippen LogP contribution in [-0.4, -0.2) is 38.8 Å². The second-order valence-corrected chi connectivity index (χ2v) is 8.09. The normalized spacial score (nSPS) is 23.8. The smallest absolute Gasteiger partial charge is 0.178 e. The van der Waals surface area contributed by atoms with Crippen molar-refractivity contribution in [1.82, 2.24) is 0 Å². The van der Waals surface area contributed by atoms with Gasteiger partial charge in [0.15, 0.2) is 17.3 Å². The first-order valence-electron chi connectivity index (χ1n) is 9.74. The fraction of sp³-hybridized carbons (Fsp3) is 0.348. The third-order valence-electron chi connectivity index (χ3n) is 6.00. The Hall–Kier alpha value is -2.67. The molecule has 0 spiro atoms. The van der Waals surface area contributed by atoms with E-state index in [1.54, 1.807) is 26.4 Å². The van der Waals surface area contributed by atoms with E-state index in [-0.39, 0.29) is 18.5 Å². The monoisotopic (exact) mass is 472 g/mol. The summed E-state index contributed by atoms with van der Waals surface area (Å²) in [6.07, 6.45) is 0.191. The van der Waals surface area contributed by atoms with E-state index < -0.39 is 12.0 Å². The summed E-state index contributed by atoms with van der Waals surface area (Å²) in [4.78, 5) is 15.4. The van der Waals surface area contributed by atoms with E-state index in [2.05, 4.69) is 15.9 Å². The van der Waals surface area contributed by atoms with Gasteiger partial charge in [0.2, 0.25) is 0 Å². The van der Waals surface area contributed by atoms with Gasteiger partial charge in [-0.1, -0.05) is 15.9 Å². The van der Waals surface area contributed by atoms with Gasteiger partial charge in [-0.15, -0.1) is 0 Å². The van der Waals surface area contributed by atoms with E-state index >= 15 is 0 Å². The molecule has 2 aromatic rings. The number of hydrogen-bond acceptors (Lipinski definition) is 6. The van der Waals surface area contributed by atoms with E-state index in [1.165, 1.54) is 0 Å². The summed E-state index contributed by atoms with van der Waals surface area (Å²) in [7, 11) is 3.15. The maximum atomic E-state index is 13.6. The number of carbonyl (C=O) groups is 1. The second kappa shape index (κ2) is 7.23. The van der Waals surface area contributed by atoms with Crippen LogP contribution in [0, 0.1) is 0 Å². The third-order valence-corrected chi connectivity index (χ3v) is 6.72. The molecule has 0 bridgehead atoms. The third kappa shape index (κ3) is 2.79. The number of benzene rings is 2. The predicted molar refractivity (Wildman–Crippen MR) is 114 cm³/mol.